The van der Waals surface area contributed by atoms with Crippen molar-refractivity contribution in [2.75, 3.05) is 0 Å². The summed E-state index contributed by atoms with van der Waals surface area (Å²) in [7, 11) is 0. The molecule has 5 nitrogen and oxygen atoms in total. The first-order valence-corrected chi connectivity index (χ1v) is 15.6. The molecule has 0 aliphatic rings. The first kappa shape index (κ1) is 35.1. The topological polar surface area (TPSA) is 76.2 Å². The third-order valence-electron chi connectivity index (χ3n) is 8.05. The molecular formula is C38H45IrN2O3-. The van der Waals surface area contributed by atoms with Gasteiger partial charge < -0.3 is 9.52 Å². The normalized spacial score (nSPS) is 12.1. The Morgan fingerprint density at radius 2 is 1.61 bits per heavy atom. The van der Waals surface area contributed by atoms with Crippen molar-refractivity contribution in [3.63, 3.8) is 0 Å². The zero-order chi connectivity index (χ0) is 31.1. The number of ketones is 1. The molecule has 5 rings (SSSR count). The molecule has 1 N–H and O–H groups in total. The van der Waals surface area contributed by atoms with Crippen molar-refractivity contribution in [2.45, 2.75) is 80.6 Å². The molecule has 0 aliphatic heterocycles. The number of hydrogen-bond donors (Lipinski definition) is 1. The van der Waals surface area contributed by atoms with Crippen LogP contribution in [-0.2, 0) is 31.3 Å². The molecule has 0 fully saturated rings. The first-order chi connectivity index (χ1) is 20.6. The second-order valence-electron chi connectivity index (χ2n) is 12.5. The van der Waals surface area contributed by atoms with Gasteiger partial charge in [0.05, 0.1) is 11.5 Å². The summed E-state index contributed by atoms with van der Waals surface area (Å²) in [5, 5.41) is 13.0. The number of nitrogens with zero attached hydrogens (tertiary/aromatic N) is 2. The van der Waals surface area contributed by atoms with Gasteiger partial charge in [0.1, 0.15) is 23.0 Å². The van der Waals surface area contributed by atoms with Gasteiger partial charge in [-0.3, -0.25) is 9.78 Å². The van der Waals surface area contributed by atoms with Gasteiger partial charge in [-0.1, -0.05) is 83.7 Å². The van der Waals surface area contributed by atoms with Crippen LogP contribution in [0.15, 0.2) is 77.2 Å². The zero-order valence-corrected chi connectivity index (χ0v) is 29.4. The number of aliphatic hydroxyl groups excluding tert-OH is 1. The van der Waals surface area contributed by atoms with Crippen LogP contribution in [0.25, 0.3) is 44.1 Å². The largest absolute Gasteiger partial charge is 0.512 e. The maximum atomic E-state index is 11.7. The first-order valence-electron chi connectivity index (χ1n) is 15.6. The molecule has 2 heterocycles. The summed E-state index contributed by atoms with van der Waals surface area (Å²) < 4.78 is 6.26. The van der Waals surface area contributed by atoms with E-state index in [9.17, 15) is 9.90 Å². The van der Waals surface area contributed by atoms with Crippen LogP contribution in [0.1, 0.15) is 79.7 Å². The van der Waals surface area contributed by atoms with Crippen LogP contribution in [0.3, 0.4) is 0 Å². The van der Waals surface area contributed by atoms with Crippen LogP contribution in [0.5, 0.6) is 0 Å². The number of carbonyl (C=O) groups is 1. The van der Waals surface area contributed by atoms with Gasteiger partial charge in [0, 0.05) is 43.4 Å². The molecule has 1 radical (unpaired) electrons. The Bertz CT molecular complexity index is 1720. The molecule has 0 saturated carbocycles. The molecule has 0 unspecified atom stereocenters. The van der Waals surface area contributed by atoms with Crippen molar-refractivity contribution >= 4 is 38.6 Å². The quantitative estimate of drug-likeness (QED) is 0.0918. The summed E-state index contributed by atoms with van der Waals surface area (Å²) >= 11 is 0. The van der Waals surface area contributed by atoms with Crippen LogP contribution < -0.4 is 0 Å². The smallest absolute Gasteiger partial charge is 0.162 e. The standard InChI is InChI=1S/C25H21N2O.C13H24O2.Ir/c1-25(2,3)14-16-8-11-20-21(12-16)28-24-22(26-15-27-23(20)24)19-10-9-17-6-4-5-7-18(17)13-19;1-5-10(6-2)12(14)9-13(15)11(7-3)8-4;/h4-12,15H,14H2,1-3H3;9-11,14H,5-8H2,1-4H3;/q-1;;/b;12-9-;. The number of rotatable bonds is 9. The number of carbonyl (C=O) groups excluding carboxylic acids is 1. The van der Waals surface area contributed by atoms with Gasteiger partial charge >= 0.3 is 0 Å². The second kappa shape index (κ2) is 15.6. The fraction of sp³-hybridized carbons (Fsp3) is 0.395. The molecule has 3 aromatic carbocycles. The van der Waals surface area contributed by atoms with E-state index in [1.54, 1.807) is 6.33 Å². The van der Waals surface area contributed by atoms with Gasteiger partial charge in [0.15, 0.2) is 5.78 Å². The summed E-state index contributed by atoms with van der Waals surface area (Å²) in [6.07, 6.45) is 7.51. The maximum Gasteiger partial charge on any atom is 0.162 e. The molecule has 0 saturated heterocycles. The fourth-order valence-electron chi connectivity index (χ4n) is 5.57. The Hall–Kier alpha value is -3.34. The Morgan fingerprint density at radius 1 is 0.932 bits per heavy atom. The van der Waals surface area contributed by atoms with Gasteiger partial charge in [-0.2, -0.15) is 0 Å². The van der Waals surface area contributed by atoms with Gasteiger partial charge in [0.25, 0.3) is 0 Å². The van der Waals surface area contributed by atoms with E-state index in [4.69, 9.17) is 4.42 Å². The SMILES string of the molecule is CC(C)(C)Cc1ccc2c(c1)oc1c(-c3[c-]c4ccccc4cc3)ncnc12.CCC(CC)C(=O)/C=C(\O)C(CC)CC.[Ir]. The molecule has 0 spiro atoms. The van der Waals surface area contributed by atoms with Crippen molar-refractivity contribution in [3.05, 3.63) is 84.4 Å². The zero-order valence-electron chi connectivity index (χ0n) is 27.0. The van der Waals surface area contributed by atoms with Gasteiger partial charge in [0.2, 0.25) is 0 Å². The molecule has 44 heavy (non-hydrogen) atoms. The van der Waals surface area contributed by atoms with Crippen molar-refractivity contribution < 1.29 is 34.4 Å². The van der Waals surface area contributed by atoms with Crippen LogP contribution in [0.4, 0.5) is 0 Å². The summed E-state index contributed by atoms with van der Waals surface area (Å²) in [4.78, 5) is 20.7. The van der Waals surface area contributed by atoms with E-state index < -0.39 is 0 Å². The minimum absolute atomic E-state index is 0. The average Bonchev–Trinajstić information content (AvgIpc) is 3.35. The third-order valence-corrected chi connectivity index (χ3v) is 8.05. The summed E-state index contributed by atoms with van der Waals surface area (Å²) in [6.45, 7) is 14.8. The number of benzene rings is 3. The van der Waals surface area contributed by atoms with Crippen molar-refractivity contribution in [2.24, 2.45) is 17.3 Å². The number of aliphatic hydroxyl groups is 1. The molecule has 5 aromatic rings. The summed E-state index contributed by atoms with van der Waals surface area (Å²) in [5.74, 6) is 0.547. The number of fused-ring (bicyclic) bond motifs is 4. The van der Waals surface area contributed by atoms with E-state index in [0.717, 1.165) is 76.2 Å². The minimum atomic E-state index is 0. The van der Waals surface area contributed by atoms with Crippen LogP contribution in [-0.4, -0.2) is 20.9 Å². The molecule has 6 heteroatoms. The van der Waals surface area contributed by atoms with Crippen LogP contribution in [0.2, 0.25) is 0 Å². The van der Waals surface area contributed by atoms with E-state index >= 15 is 0 Å². The Morgan fingerprint density at radius 3 is 2.27 bits per heavy atom. The second-order valence-corrected chi connectivity index (χ2v) is 12.5. The van der Waals surface area contributed by atoms with Crippen LogP contribution in [0, 0.1) is 23.3 Å². The van der Waals surface area contributed by atoms with Gasteiger partial charge in [-0.25, -0.2) is 4.98 Å². The van der Waals surface area contributed by atoms with E-state index in [1.165, 1.54) is 11.6 Å². The molecule has 0 atom stereocenters. The molecule has 235 valence electrons. The number of allylic oxidation sites excluding steroid dienone is 2. The van der Waals surface area contributed by atoms with Crippen molar-refractivity contribution in [1.82, 2.24) is 9.97 Å². The molecule has 2 aromatic heterocycles. The number of furan rings is 1. The summed E-state index contributed by atoms with van der Waals surface area (Å²) in [6, 6.07) is 22.2. The van der Waals surface area contributed by atoms with E-state index in [0.29, 0.717) is 0 Å². The fourth-order valence-corrected chi connectivity index (χ4v) is 5.57. The van der Waals surface area contributed by atoms with E-state index in [2.05, 4.69) is 73.2 Å². The minimum Gasteiger partial charge on any atom is -0.512 e. The number of aromatic nitrogens is 2. The molecule has 0 bridgehead atoms. The van der Waals surface area contributed by atoms with Gasteiger partial charge in [-0.05, 0) is 55.2 Å². The third kappa shape index (κ3) is 8.43. The van der Waals surface area contributed by atoms with E-state index in [1.807, 2.05) is 45.9 Å². The average molecular weight is 770 g/mol. The predicted octanol–water partition coefficient (Wildman–Crippen LogP) is 10.5. The number of hydrogen-bond acceptors (Lipinski definition) is 5. The van der Waals surface area contributed by atoms with E-state index in [-0.39, 0.29) is 48.9 Å². The molecule has 0 aliphatic carbocycles. The van der Waals surface area contributed by atoms with Gasteiger partial charge in [-0.15, -0.1) is 29.7 Å². The predicted molar refractivity (Wildman–Crippen MR) is 178 cm³/mol. The monoisotopic (exact) mass is 770 g/mol. The van der Waals surface area contributed by atoms with Crippen molar-refractivity contribution in [3.8, 4) is 11.3 Å². The van der Waals surface area contributed by atoms with Crippen LogP contribution >= 0.6 is 0 Å². The Kier molecular flexibility index (Phi) is 12.5. The molecular weight excluding hydrogens is 725 g/mol. The van der Waals surface area contributed by atoms with Crippen molar-refractivity contribution in [1.29, 1.82) is 0 Å². The maximum absolute atomic E-state index is 11.7. The Balaban J connectivity index is 0.000000286. The summed E-state index contributed by atoms with van der Waals surface area (Å²) in [5.41, 5.74) is 5.63. The molecule has 0 amide bonds. The Labute approximate surface area is 275 Å².